The average Bonchev–Trinajstić information content (AvgIpc) is 3.19. The van der Waals surface area contributed by atoms with Crippen LogP contribution >= 0.6 is 0 Å². The van der Waals surface area contributed by atoms with Gasteiger partial charge in [-0.2, -0.15) is 0 Å². The van der Waals surface area contributed by atoms with Crippen LogP contribution in [0.25, 0.3) is 0 Å². The van der Waals surface area contributed by atoms with E-state index >= 15 is 0 Å². The highest BCUT2D eigenvalue weighted by molar-refractivity contribution is 5.76. The van der Waals surface area contributed by atoms with Crippen molar-refractivity contribution in [2.45, 2.75) is 51.9 Å². The maximum absolute atomic E-state index is 12.6. The highest BCUT2D eigenvalue weighted by Gasteiger charge is 2.37. The highest BCUT2D eigenvalue weighted by Crippen LogP contribution is 2.30. The summed E-state index contributed by atoms with van der Waals surface area (Å²) in [5, 5.41) is 12.1. The molecule has 4 rings (SSSR count). The van der Waals surface area contributed by atoms with E-state index in [0.717, 1.165) is 35.7 Å². The van der Waals surface area contributed by atoms with Crippen molar-refractivity contribution in [3.05, 3.63) is 28.9 Å². The van der Waals surface area contributed by atoms with Gasteiger partial charge in [-0.05, 0) is 26.7 Å². The Labute approximate surface area is 139 Å². The van der Waals surface area contributed by atoms with Crippen molar-refractivity contribution >= 4 is 5.91 Å². The van der Waals surface area contributed by atoms with Crippen molar-refractivity contribution in [1.82, 2.24) is 25.1 Å². The summed E-state index contributed by atoms with van der Waals surface area (Å²) < 4.78 is 13.0. The minimum atomic E-state index is 0.0630. The largest absolute Gasteiger partial charge is 0.370 e. The Kier molecular flexibility index (Phi) is 3.84. The lowest BCUT2D eigenvalue weighted by Crippen LogP contribution is -2.49. The van der Waals surface area contributed by atoms with Gasteiger partial charge in [0.05, 0.1) is 36.3 Å². The van der Waals surface area contributed by atoms with Crippen LogP contribution in [0.3, 0.4) is 0 Å². The van der Waals surface area contributed by atoms with Gasteiger partial charge in [0, 0.05) is 25.1 Å². The zero-order chi connectivity index (χ0) is 16.7. The van der Waals surface area contributed by atoms with Gasteiger partial charge in [0.1, 0.15) is 5.76 Å². The van der Waals surface area contributed by atoms with Gasteiger partial charge in [-0.15, -0.1) is 5.10 Å². The molecule has 0 aromatic carbocycles. The molecule has 24 heavy (non-hydrogen) atoms. The Hall–Kier alpha value is -2.22. The lowest BCUT2D eigenvalue weighted by Gasteiger charge is -2.41. The van der Waals surface area contributed by atoms with E-state index in [9.17, 15) is 4.79 Å². The molecule has 128 valence electrons. The molecule has 2 atom stereocenters. The molecule has 2 aromatic heterocycles. The van der Waals surface area contributed by atoms with Crippen LogP contribution in [0, 0.1) is 13.8 Å². The second kappa shape index (κ2) is 6.01. The van der Waals surface area contributed by atoms with Gasteiger partial charge >= 0.3 is 0 Å². The number of aromatic nitrogens is 4. The number of ether oxygens (including phenoxy) is 1. The second-order valence-corrected chi connectivity index (χ2v) is 6.52. The topological polar surface area (TPSA) is 86.3 Å². The van der Waals surface area contributed by atoms with E-state index < -0.39 is 0 Å². The van der Waals surface area contributed by atoms with Gasteiger partial charge in [-0.25, -0.2) is 4.68 Å². The summed E-state index contributed by atoms with van der Waals surface area (Å²) in [5.41, 5.74) is 2.88. The Bertz CT molecular complexity index is 733. The fraction of sp³-hybridized carbons (Fsp3) is 0.625. The Morgan fingerprint density at radius 3 is 3.08 bits per heavy atom. The van der Waals surface area contributed by atoms with Crippen LogP contribution in [0.2, 0.25) is 0 Å². The van der Waals surface area contributed by atoms with Crippen molar-refractivity contribution in [3.8, 4) is 0 Å². The number of hydrogen-bond acceptors (Lipinski definition) is 6. The van der Waals surface area contributed by atoms with Crippen molar-refractivity contribution in [1.29, 1.82) is 0 Å². The van der Waals surface area contributed by atoms with Crippen molar-refractivity contribution < 1.29 is 14.1 Å². The lowest BCUT2D eigenvalue weighted by molar-refractivity contribution is -0.138. The van der Waals surface area contributed by atoms with Crippen LogP contribution in [-0.4, -0.2) is 50.2 Å². The minimum Gasteiger partial charge on any atom is -0.370 e. The third-order valence-electron chi connectivity index (χ3n) is 5.05. The van der Waals surface area contributed by atoms with E-state index in [0.29, 0.717) is 26.0 Å². The highest BCUT2D eigenvalue weighted by atomic mass is 16.5. The van der Waals surface area contributed by atoms with E-state index in [1.54, 1.807) is 6.20 Å². The number of fused-ring (bicyclic) bond motifs is 3. The van der Waals surface area contributed by atoms with E-state index in [2.05, 4.69) is 15.5 Å². The molecule has 4 heterocycles. The second-order valence-electron chi connectivity index (χ2n) is 6.52. The Morgan fingerprint density at radius 2 is 2.29 bits per heavy atom. The average molecular weight is 331 g/mol. The molecule has 0 unspecified atom stereocenters. The number of carbonyl (C=O) groups excluding carboxylic acids is 1. The van der Waals surface area contributed by atoms with E-state index in [1.165, 1.54) is 0 Å². The van der Waals surface area contributed by atoms with Crippen LogP contribution in [0.15, 0.2) is 10.7 Å². The summed E-state index contributed by atoms with van der Waals surface area (Å²) in [4.78, 5) is 14.5. The molecule has 0 spiro atoms. The molecule has 8 heteroatoms. The van der Waals surface area contributed by atoms with Crippen molar-refractivity contribution in [2.24, 2.45) is 0 Å². The van der Waals surface area contributed by atoms with Crippen LogP contribution in [-0.2, 0) is 22.6 Å². The molecule has 1 saturated heterocycles. The predicted octanol–water partition coefficient (Wildman–Crippen LogP) is 1.19. The molecule has 0 N–H and O–H groups in total. The minimum absolute atomic E-state index is 0.0630. The van der Waals surface area contributed by atoms with Gasteiger partial charge in [0.15, 0.2) is 0 Å². The van der Waals surface area contributed by atoms with Crippen molar-refractivity contribution in [2.75, 3.05) is 13.1 Å². The smallest absolute Gasteiger partial charge is 0.222 e. The van der Waals surface area contributed by atoms with Crippen molar-refractivity contribution in [3.63, 3.8) is 0 Å². The molecule has 1 amide bonds. The number of rotatable bonds is 3. The van der Waals surface area contributed by atoms with Gasteiger partial charge in [-0.1, -0.05) is 10.4 Å². The van der Waals surface area contributed by atoms with Gasteiger partial charge in [0.2, 0.25) is 5.91 Å². The SMILES string of the molecule is Cc1noc(C)c1CCC(=O)N1CC[C@@H]2OCc3cnnn3[C@H]2C1. The molecular formula is C16H21N5O3. The Balaban J connectivity index is 1.42. The molecule has 2 aromatic rings. The molecule has 0 aliphatic carbocycles. The molecule has 0 radical (unpaired) electrons. The summed E-state index contributed by atoms with van der Waals surface area (Å²) in [7, 11) is 0. The van der Waals surface area contributed by atoms with Gasteiger partial charge < -0.3 is 14.2 Å². The lowest BCUT2D eigenvalue weighted by atomic mass is 9.99. The summed E-state index contributed by atoms with van der Waals surface area (Å²) in [6.45, 7) is 5.70. The zero-order valence-corrected chi connectivity index (χ0v) is 13.9. The third-order valence-corrected chi connectivity index (χ3v) is 5.05. The van der Waals surface area contributed by atoms with Crippen LogP contribution in [0.4, 0.5) is 0 Å². The van der Waals surface area contributed by atoms with E-state index in [1.807, 2.05) is 23.4 Å². The third kappa shape index (κ3) is 2.60. The maximum atomic E-state index is 12.6. The quantitative estimate of drug-likeness (QED) is 0.840. The first-order chi connectivity index (χ1) is 11.6. The zero-order valence-electron chi connectivity index (χ0n) is 13.9. The molecule has 0 saturated carbocycles. The number of piperidine rings is 1. The molecule has 2 aliphatic heterocycles. The number of nitrogens with zero attached hydrogens (tertiary/aromatic N) is 5. The molecule has 8 nitrogen and oxygen atoms in total. The van der Waals surface area contributed by atoms with Gasteiger partial charge in [0.25, 0.3) is 0 Å². The number of likely N-dealkylation sites (tertiary alicyclic amines) is 1. The fourth-order valence-electron chi connectivity index (χ4n) is 3.65. The number of amides is 1. The predicted molar refractivity (Wildman–Crippen MR) is 83.1 cm³/mol. The molecular weight excluding hydrogens is 310 g/mol. The molecule has 1 fully saturated rings. The van der Waals surface area contributed by atoms with Gasteiger partial charge in [-0.3, -0.25) is 4.79 Å². The standard InChI is InChI=1S/C16H21N5O3/c1-10-13(11(2)24-18-10)3-4-16(22)20-6-5-15-14(8-20)21-12(9-23-15)7-17-19-21/h7,14-15H,3-6,8-9H2,1-2H3/t14-,15-/m0/s1. The summed E-state index contributed by atoms with van der Waals surface area (Å²) in [6.07, 6.45) is 3.81. The van der Waals surface area contributed by atoms with E-state index in [4.69, 9.17) is 9.26 Å². The maximum Gasteiger partial charge on any atom is 0.222 e. The fourth-order valence-corrected chi connectivity index (χ4v) is 3.65. The summed E-state index contributed by atoms with van der Waals surface area (Å²) >= 11 is 0. The van der Waals surface area contributed by atoms with Crippen LogP contribution < -0.4 is 0 Å². The monoisotopic (exact) mass is 331 g/mol. The first-order valence-electron chi connectivity index (χ1n) is 8.33. The first kappa shape index (κ1) is 15.3. The molecule has 0 bridgehead atoms. The Morgan fingerprint density at radius 1 is 1.42 bits per heavy atom. The number of hydrogen-bond donors (Lipinski definition) is 0. The van der Waals surface area contributed by atoms with Crippen LogP contribution in [0.1, 0.15) is 41.6 Å². The normalized spacial score (nSPS) is 23.0. The first-order valence-corrected chi connectivity index (χ1v) is 8.33. The van der Waals surface area contributed by atoms with Crippen LogP contribution in [0.5, 0.6) is 0 Å². The van der Waals surface area contributed by atoms with E-state index in [-0.39, 0.29) is 18.1 Å². The molecule has 2 aliphatic rings. The summed E-state index contributed by atoms with van der Waals surface area (Å²) in [6, 6.07) is 0.0630. The number of aryl methyl sites for hydroxylation is 2. The number of carbonyl (C=O) groups is 1. The summed E-state index contributed by atoms with van der Waals surface area (Å²) in [5.74, 6) is 0.952.